The molecular weight excluding hydrogens is 532 g/mol. The van der Waals surface area contributed by atoms with Crippen LogP contribution in [0, 0.1) is 6.57 Å². The molecular formula is C27H16N8O6. The molecule has 0 aliphatic rings. The Hall–Kier alpha value is -6.49. The number of amides is 1. The van der Waals surface area contributed by atoms with E-state index in [0.29, 0.717) is 10.8 Å². The summed E-state index contributed by atoms with van der Waals surface area (Å²) in [4.78, 5) is 48.1. The lowest BCUT2D eigenvalue weighted by molar-refractivity contribution is 0.0696. The molecule has 0 aliphatic carbocycles. The Kier molecular flexibility index (Phi) is 6.82. The van der Waals surface area contributed by atoms with Gasteiger partial charge in [0.2, 0.25) is 0 Å². The molecule has 0 fully saturated rings. The number of anilines is 1. The summed E-state index contributed by atoms with van der Waals surface area (Å²) in [6.07, 6.45) is 4.22. The molecule has 0 saturated heterocycles. The third-order valence-electron chi connectivity index (χ3n) is 5.81. The number of carboxylic acids is 2. The smallest absolute Gasteiger partial charge is 0.337 e. The van der Waals surface area contributed by atoms with Crippen molar-refractivity contribution in [3.8, 4) is 11.7 Å². The van der Waals surface area contributed by atoms with E-state index in [4.69, 9.17) is 6.57 Å². The maximum atomic E-state index is 13.4. The molecule has 5 rings (SSSR count). The second kappa shape index (κ2) is 10.7. The number of rotatable bonds is 7. The zero-order valence-corrected chi connectivity index (χ0v) is 20.6. The highest BCUT2D eigenvalue weighted by Crippen LogP contribution is 2.39. The van der Waals surface area contributed by atoms with Gasteiger partial charge in [-0.2, -0.15) is 9.78 Å². The number of azo groups is 1. The van der Waals surface area contributed by atoms with E-state index in [1.54, 1.807) is 30.3 Å². The second-order valence-corrected chi connectivity index (χ2v) is 8.29. The molecule has 0 bridgehead atoms. The van der Waals surface area contributed by atoms with Crippen LogP contribution in [-0.4, -0.2) is 52.9 Å². The summed E-state index contributed by atoms with van der Waals surface area (Å²) in [5, 5.41) is 45.5. The molecule has 0 aliphatic heterocycles. The molecule has 0 atom stereocenters. The number of aromatic hydroxyl groups is 1. The van der Waals surface area contributed by atoms with Gasteiger partial charge in [0.15, 0.2) is 11.6 Å². The predicted molar refractivity (Wildman–Crippen MR) is 144 cm³/mol. The van der Waals surface area contributed by atoms with Crippen molar-refractivity contribution in [3.05, 3.63) is 101 Å². The van der Waals surface area contributed by atoms with E-state index < -0.39 is 29.2 Å². The van der Waals surface area contributed by atoms with Gasteiger partial charge < -0.3 is 20.6 Å². The first kappa shape index (κ1) is 26.1. The molecule has 1 amide bonds. The summed E-state index contributed by atoms with van der Waals surface area (Å²) in [6, 6.07) is 12.9. The van der Waals surface area contributed by atoms with Gasteiger partial charge in [0, 0.05) is 12.4 Å². The van der Waals surface area contributed by atoms with Crippen molar-refractivity contribution in [2.45, 2.75) is 0 Å². The van der Waals surface area contributed by atoms with Crippen molar-refractivity contribution in [2.75, 3.05) is 5.32 Å². The molecule has 2 heterocycles. The summed E-state index contributed by atoms with van der Waals surface area (Å²) in [6.45, 7) is 7.43. The number of fused-ring (bicyclic) bond motifs is 1. The van der Waals surface area contributed by atoms with Crippen molar-refractivity contribution in [3.63, 3.8) is 0 Å². The summed E-state index contributed by atoms with van der Waals surface area (Å²) in [5.74, 6) is -4.15. The lowest BCUT2D eigenvalue weighted by Gasteiger charge is -2.13. The second-order valence-electron chi connectivity index (χ2n) is 8.29. The number of aromatic carboxylic acids is 2. The van der Waals surface area contributed by atoms with E-state index in [2.05, 4.69) is 35.5 Å². The Morgan fingerprint density at radius 1 is 0.951 bits per heavy atom. The Bertz CT molecular complexity index is 1930. The minimum Gasteiger partial charge on any atom is -0.505 e. The van der Waals surface area contributed by atoms with Gasteiger partial charge in [-0.3, -0.25) is 4.79 Å². The molecule has 200 valence electrons. The Balaban J connectivity index is 1.59. The highest BCUT2D eigenvalue weighted by molar-refractivity contribution is 6.17. The zero-order chi connectivity index (χ0) is 29.1. The van der Waals surface area contributed by atoms with Crippen LogP contribution in [0.15, 0.2) is 83.4 Å². The summed E-state index contributed by atoms with van der Waals surface area (Å²) >= 11 is 0. The first-order valence-corrected chi connectivity index (χ1v) is 11.6. The number of phenols is 1. The maximum Gasteiger partial charge on any atom is 0.337 e. The lowest BCUT2D eigenvalue weighted by Crippen LogP contribution is -2.16. The van der Waals surface area contributed by atoms with Gasteiger partial charge in [0.25, 0.3) is 17.5 Å². The largest absolute Gasteiger partial charge is 0.505 e. The van der Waals surface area contributed by atoms with Crippen LogP contribution in [-0.2, 0) is 0 Å². The third-order valence-corrected chi connectivity index (χ3v) is 5.81. The number of nitrogens with one attached hydrogen (secondary N) is 1. The normalized spacial score (nSPS) is 10.9. The predicted octanol–water partition coefficient (Wildman–Crippen LogP) is 5.14. The molecule has 4 N–H and O–H groups in total. The first-order valence-electron chi connectivity index (χ1n) is 11.6. The molecule has 0 unspecified atom stereocenters. The van der Waals surface area contributed by atoms with Crippen LogP contribution < -0.4 is 5.32 Å². The molecule has 2 aromatic heterocycles. The van der Waals surface area contributed by atoms with Crippen LogP contribution in [0.25, 0.3) is 21.6 Å². The Morgan fingerprint density at radius 2 is 1.71 bits per heavy atom. The quantitative estimate of drug-likeness (QED) is 0.157. The van der Waals surface area contributed by atoms with Crippen LogP contribution in [0.2, 0.25) is 0 Å². The number of hydrogen-bond donors (Lipinski definition) is 4. The number of carboxylic acid groups (broad SMARTS) is 2. The molecule has 3 aromatic carbocycles. The van der Waals surface area contributed by atoms with Gasteiger partial charge >= 0.3 is 11.9 Å². The lowest BCUT2D eigenvalue weighted by atomic mass is 10.0. The van der Waals surface area contributed by atoms with Crippen molar-refractivity contribution < 1.29 is 29.7 Å². The minimum absolute atomic E-state index is 0.0191. The minimum atomic E-state index is -1.46. The maximum absolute atomic E-state index is 13.4. The van der Waals surface area contributed by atoms with E-state index in [0.717, 1.165) is 18.2 Å². The van der Waals surface area contributed by atoms with Gasteiger partial charge in [-0.1, -0.05) is 24.3 Å². The molecule has 0 saturated carbocycles. The van der Waals surface area contributed by atoms with E-state index in [9.17, 15) is 29.7 Å². The van der Waals surface area contributed by atoms with E-state index in [-0.39, 0.29) is 40.0 Å². The Labute approximate surface area is 229 Å². The highest BCUT2D eigenvalue weighted by atomic mass is 16.4. The van der Waals surface area contributed by atoms with E-state index >= 15 is 0 Å². The van der Waals surface area contributed by atoms with E-state index in [1.165, 1.54) is 29.3 Å². The van der Waals surface area contributed by atoms with Gasteiger partial charge in [0.1, 0.15) is 5.69 Å². The fourth-order valence-corrected chi connectivity index (χ4v) is 3.93. The standard InChI is InChI=1S/C27H16N8O6/c1-28-20-13-31-35(27-29-9-4-10-30-27)23(20)34-33-19-12-14-5-2-3-6-16(14)21(22(19)36)24(37)32-18-8-7-15(25(38)39)11-17(18)26(40)41/h2-13,36H,(H,32,37)(H,38,39)(H,40,41)/b34-33+. The first-order chi connectivity index (χ1) is 19.8. The molecule has 0 spiro atoms. The summed E-state index contributed by atoms with van der Waals surface area (Å²) in [5.41, 5.74) is -1.26. The molecule has 14 nitrogen and oxygen atoms in total. The number of phenolic OH excluding ortho intramolecular Hbond substituents is 1. The number of hydrogen-bond acceptors (Lipinski definition) is 9. The number of carbonyl (C=O) groups is 3. The van der Waals surface area contributed by atoms with Crippen molar-refractivity contribution in [1.82, 2.24) is 19.7 Å². The van der Waals surface area contributed by atoms with Crippen LogP contribution in [0.3, 0.4) is 0 Å². The average molecular weight is 548 g/mol. The van der Waals surface area contributed by atoms with Crippen LogP contribution in [0.1, 0.15) is 31.1 Å². The van der Waals surface area contributed by atoms with Gasteiger partial charge in [-0.05, 0) is 41.1 Å². The highest BCUT2D eigenvalue weighted by Gasteiger charge is 2.23. The Morgan fingerprint density at radius 3 is 2.41 bits per heavy atom. The van der Waals surface area contributed by atoms with Crippen molar-refractivity contribution >= 4 is 51.5 Å². The average Bonchev–Trinajstić information content (AvgIpc) is 3.39. The van der Waals surface area contributed by atoms with Crippen LogP contribution >= 0.6 is 0 Å². The summed E-state index contributed by atoms with van der Waals surface area (Å²) in [7, 11) is 0. The number of carbonyl (C=O) groups excluding carboxylic acids is 1. The number of aromatic nitrogens is 4. The zero-order valence-electron chi connectivity index (χ0n) is 20.6. The van der Waals surface area contributed by atoms with Crippen LogP contribution in [0.4, 0.5) is 22.9 Å². The number of nitrogens with zero attached hydrogens (tertiary/aromatic N) is 7. The van der Waals surface area contributed by atoms with Gasteiger partial charge in [-0.15, -0.1) is 10.2 Å². The summed E-state index contributed by atoms with van der Waals surface area (Å²) < 4.78 is 1.19. The number of benzene rings is 3. The van der Waals surface area contributed by atoms with Crippen molar-refractivity contribution in [1.29, 1.82) is 0 Å². The topological polar surface area (TPSA) is 197 Å². The van der Waals surface area contributed by atoms with Gasteiger partial charge in [-0.25, -0.2) is 24.4 Å². The fourth-order valence-electron chi connectivity index (χ4n) is 3.93. The monoisotopic (exact) mass is 548 g/mol. The molecule has 0 radical (unpaired) electrons. The van der Waals surface area contributed by atoms with Gasteiger partial charge in [0.05, 0.1) is 35.1 Å². The molecule has 5 aromatic rings. The molecule has 41 heavy (non-hydrogen) atoms. The molecule has 14 heteroatoms. The van der Waals surface area contributed by atoms with E-state index in [1.807, 2.05) is 0 Å². The third kappa shape index (κ3) is 5.01. The SMILES string of the molecule is [C-]#[N+]c1cnn(-c2ncccn2)c1/N=N/c1cc2ccccc2c(C(=O)Nc2ccc(C(=O)O)cc2C(=O)O)c1O. The van der Waals surface area contributed by atoms with Crippen LogP contribution in [0.5, 0.6) is 5.75 Å². The van der Waals surface area contributed by atoms with Crippen molar-refractivity contribution in [2.24, 2.45) is 10.2 Å². The fraction of sp³-hybridized carbons (Fsp3) is 0.